The molecule has 0 radical (unpaired) electrons. The molecule has 0 aliphatic carbocycles. The molecule has 1 heterocycles. The highest BCUT2D eigenvalue weighted by Crippen LogP contribution is 2.15. The molecule has 1 aliphatic rings. The fraction of sp³-hybridized carbons (Fsp3) is 0. The number of fused-ring (bicyclic) bond motifs is 1. The van der Waals surface area contributed by atoms with Crippen molar-refractivity contribution in [1.82, 2.24) is 5.32 Å². The molecule has 0 bridgehead atoms. The van der Waals surface area contributed by atoms with Crippen molar-refractivity contribution >= 4 is 11.8 Å². The zero-order valence-electron chi connectivity index (χ0n) is 9.39. The Bertz CT molecular complexity index is 555. The largest absolute Gasteiger partial charge is 0.288 e. The maximum Gasteiger partial charge on any atom is 0.259 e. The van der Waals surface area contributed by atoms with Crippen LogP contribution in [0, 0.1) is 5.82 Å². The van der Waals surface area contributed by atoms with E-state index in [2.05, 4.69) is 5.32 Å². The van der Waals surface area contributed by atoms with E-state index in [0.29, 0.717) is 0 Å². The highest BCUT2D eigenvalue weighted by Gasteiger charge is 2.26. The summed E-state index contributed by atoms with van der Waals surface area (Å²) in [6, 6.07) is 15.5. The summed E-state index contributed by atoms with van der Waals surface area (Å²) in [7, 11) is 0. The second-order valence-electron chi connectivity index (χ2n) is 3.63. The molecule has 0 saturated heterocycles. The van der Waals surface area contributed by atoms with Crippen LogP contribution in [0.3, 0.4) is 0 Å². The molecule has 0 atom stereocenters. The maximum atomic E-state index is 12.6. The Hall–Kier alpha value is -2.49. The summed E-state index contributed by atoms with van der Waals surface area (Å²) in [5, 5.41) is 2.06. The number of hydrogen-bond donors (Lipinski definition) is 1. The van der Waals surface area contributed by atoms with Crippen molar-refractivity contribution in [3.63, 3.8) is 0 Å². The Morgan fingerprint density at radius 3 is 1.83 bits per heavy atom. The van der Waals surface area contributed by atoms with Gasteiger partial charge in [-0.15, -0.1) is 0 Å². The van der Waals surface area contributed by atoms with Crippen LogP contribution in [-0.4, -0.2) is 11.8 Å². The van der Waals surface area contributed by atoms with Crippen molar-refractivity contribution in [2.24, 2.45) is 0 Å². The summed E-state index contributed by atoms with van der Waals surface area (Å²) in [5.41, 5.74) is 0.349. The maximum absolute atomic E-state index is 12.6. The Balaban J connectivity index is 0.000000169. The number of imide groups is 1. The third kappa shape index (κ3) is 2.60. The van der Waals surface area contributed by atoms with Gasteiger partial charge in [-0.2, -0.15) is 0 Å². The Labute approximate surface area is 103 Å². The van der Waals surface area contributed by atoms with Crippen molar-refractivity contribution in [3.8, 4) is 0 Å². The minimum absolute atomic E-state index is 0.111. The molecular weight excluding hydrogens is 233 g/mol. The van der Waals surface area contributed by atoms with Crippen molar-refractivity contribution in [2.75, 3.05) is 0 Å². The first-order chi connectivity index (χ1) is 8.68. The molecule has 2 amide bonds. The van der Waals surface area contributed by atoms with Gasteiger partial charge < -0.3 is 0 Å². The van der Waals surface area contributed by atoms with E-state index in [4.69, 9.17) is 0 Å². The Morgan fingerprint density at radius 1 is 0.778 bits per heavy atom. The van der Waals surface area contributed by atoms with Crippen molar-refractivity contribution in [1.29, 1.82) is 0 Å². The third-order valence-corrected chi connectivity index (χ3v) is 2.36. The van der Waals surface area contributed by atoms with Gasteiger partial charge in [0, 0.05) is 0 Å². The molecule has 0 spiro atoms. The van der Waals surface area contributed by atoms with E-state index >= 15 is 0 Å². The fourth-order valence-electron chi connectivity index (χ4n) is 1.53. The summed E-state index contributed by atoms with van der Waals surface area (Å²) in [6.07, 6.45) is 0. The highest BCUT2D eigenvalue weighted by molar-refractivity contribution is 6.21. The third-order valence-electron chi connectivity index (χ3n) is 2.36. The van der Waals surface area contributed by atoms with Crippen LogP contribution in [0.2, 0.25) is 0 Å². The van der Waals surface area contributed by atoms with Gasteiger partial charge in [0.15, 0.2) is 0 Å². The van der Waals surface area contributed by atoms with Gasteiger partial charge in [-0.1, -0.05) is 36.4 Å². The lowest BCUT2D eigenvalue weighted by Crippen LogP contribution is -2.19. The summed E-state index contributed by atoms with van der Waals surface area (Å²) < 4.78 is 12.6. The second-order valence-corrected chi connectivity index (χ2v) is 3.63. The van der Waals surface area contributed by atoms with Crippen LogP contribution in [0.5, 0.6) is 0 Å². The normalized spacial score (nSPS) is 12.3. The quantitative estimate of drug-likeness (QED) is 0.722. The summed E-state index contributed by atoms with van der Waals surface area (Å²) in [6.45, 7) is 0. The molecule has 3 rings (SSSR count). The Kier molecular flexibility index (Phi) is 3.48. The van der Waals surface area contributed by atoms with Crippen LogP contribution < -0.4 is 5.32 Å². The molecule has 0 unspecified atom stereocenters. The topological polar surface area (TPSA) is 46.2 Å². The molecule has 3 nitrogen and oxygen atoms in total. The fourth-order valence-corrected chi connectivity index (χ4v) is 1.53. The lowest BCUT2D eigenvalue weighted by molar-refractivity contribution is 0.0879. The standard InChI is InChI=1S/C8H4FNO2.C6H6/c9-4-1-2-5-6(3-4)8(12)10-7(5)11;1-2-4-6-5-3-1/h1-3H,(H,10,11,12);1-6H. The van der Waals surface area contributed by atoms with E-state index in [9.17, 15) is 14.0 Å². The molecule has 18 heavy (non-hydrogen) atoms. The summed E-state index contributed by atoms with van der Waals surface area (Å²) >= 11 is 0. The van der Waals surface area contributed by atoms with Gasteiger partial charge >= 0.3 is 0 Å². The number of rotatable bonds is 0. The van der Waals surface area contributed by atoms with Gasteiger partial charge in [-0.05, 0) is 18.2 Å². The SMILES string of the molecule is O=C1NC(=O)c2cc(F)ccc21.c1ccccc1. The number of amides is 2. The van der Waals surface area contributed by atoms with Gasteiger partial charge in [-0.25, -0.2) is 4.39 Å². The average molecular weight is 243 g/mol. The number of benzene rings is 2. The van der Waals surface area contributed by atoms with E-state index in [1.807, 2.05) is 36.4 Å². The van der Waals surface area contributed by atoms with E-state index in [1.54, 1.807) is 0 Å². The van der Waals surface area contributed by atoms with Crippen LogP contribution in [-0.2, 0) is 0 Å². The predicted molar refractivity (Wildman–Crippen MR) is 64.6 cm³/mol. The number of carbonyl (C=O) groups is 2. The second kappa shape index (κ2) is 5.23. The molecule has 0 saturated carbocycles. The molecule has 0 fully saturated rings. The van der Waals surface area contributed by atoms with Gasteiger partial charge in [0.1, 0.15) is 5.82 Å². The first-order valence-electron chi connectivity index (χ1n) is 5.34. The van der Waals surface area contributed by atoms with E-state index in [-0.39, 0.29) is 11.1 Å². The van der Waals surface area contributed by atoms with Crippen LogP contribution in [0.25, 0.3) is 0 Å². The molecule has 1 N–H and O–H groups in total. The van der Waals surface area contributed by atoms with Crippen LogP contribution in [0.1, 0.15) is 20.7 Å². The van der Waals surface area contributed by atoms with Crippen LogP contribution in [0.15, 0.2) is 54.6 Å². The average Bonchev–Trinajstić information content (AvgIpc) is 2.67. The molecule has 1 aliphatic heterocycles. The molecule has 0 aromatic heterocycles. The number of nitrogens with one attached hydrogen (secondary N) is 1. The first-order valence-corrected chi connectivity index (χ1v) is 5.34. The predicted octanol–water partition coefficient (Wildman–Crippen LogP) is 2.40. The van der Waals surface area contributed by atoms with Gasteiger partial charge in [0.2, 0.25) is 0 Å². The summed E-state index contributed by atoms with van der Waals surface area (Å²) in [4.78, 5) is 21.9. The zero-order valence-corrected chi connectivity index (χ0v) is 9.39. The molecule has 4 heteroatoms. The van der Waals surface area contributed by atoms with Gasteiger partial charge in [0.25, 0.3) is 11.8 Å². The van der Waals surface area contributed by atoms with E-state index in [1.165, 1.54) is 6.07 Å². The lowest BCUT2D eigenvalue weighted by atomic mass is 10.1. The monoisotopic (exact) mass is 243 g/mol. The molecule has 90 valence electrons. The van der Waals surface area contributed by atoms with Gasteiger partial charge in [-0.3, -0.25) is 14.9 Å². The smallest absolute Gasteiger partial charge is 0.259 e. The number of hydrogen-bond acceptors (Lipinski definition) is 2. The highest BCUT2D eigenvalue weighted by atomic mass is 19.1. The first kappa shape index (κ1) is 12.0. The van der Waals surface area contributed by atoms with E-state index in [0.717, 1.165) is 12.1 Å². The van der Waals surface area contributed by atoms with Crippen molar-refractivity contribution < 1.29 is 14.0 Å². The van der Waals surface area contributed by atoms with E-state index < -0.39 is 17.6 Å². The molecular formula is C14H10FNO2. The number of halogens is 1. The zero-order chi connectivity index (χ0) is 13.0. The minimum atomic E-state index is -0.533. The Morgan fingerprint density at radius 2 is 1.28 bits per heavy atom. The van der Waals surface area contributed by atoms with Crippen molar-refractivity contribution in [2.45, 2.75) is 0 Å². The molecule has 2 aromatic carbocycles. The minimum Gasteiger partial charge on any atom is -0.288 e. The van der Waals surface area contributed by atoms with Crippen LogP contribution >= 0.6 is 0 Å². The summed E-state index contributed by atoms with van der Waals surface area (Å²) in [5.74, 6) is -1.51. The van der Waals surface area contributed by atoms with Gasteiger partial charge in [0.05, 0.1) is 11.1 Å². The molecule has 2 aromatic rings. The lowest BCUT2D eigenvalue weighted by Gasteiger charge is -1.91. The van der Waals surface area contributed by atoms with Crippen LogP contribution in [0.4, 0.5) is 4.39 Å². The number of carbonyl (C=O) groups excluding carboxylic acids is 2. The van der Waals surface area contributed by atoms with Crippen molar-refractivity contribution in [3.05, 3.63) is 71.5 Å².